The average Bonchev–Trinajstić information content (AvgIpc) is 2.60. The smallest absolute Gasteiger partial charge is 0.331 e. The highest BCUT2D eigenvalue weighted by Crippen LogP contribution is 2.34. The number of amides is 2. The van der Waals surface area contributed by atoms with Crippen LogP contribution in [0.5, 0.6) is 0 Å². The highest BCUT2D eigenvalue weighted by atomic mass is 32.3. The van der Waals surface area contributed by atoms with E-state index in [0.717, 1.165) is 11.9 Å². The Labute approximate surface area is 89.5 Å². The molecular weight excluding hydrogens is 222 g/mol. The van der Waals surface area contributed by atoms with E-state index in [2.05, 4.69) is 5.32 Å². The number of hydrogen-bond donors (Lipinski definition) is 1. The molecule has 1 heterocycles. The predicted octanol–water partition coefficient (Wildman–Crippen LogP) is 0.402. The van der Waals surface area contributed by atoms with Crippen molar-refractivity contribution in [3.63, 3.8) is 0 Å². The quantitative estimate of drug-likeness (QED) is 0.523. The number of nitriles is 1. The van der Waals surface area contributed by atoms with E-state index in [4.69, 9.17) is 5.26 Å². The summed E-state index contributed by atoms with van der Waals surface area (Å²) in [5.41, 5.74) is 0.361. The summed E-state index contributed by atoms with van der Waals surface area (Å²) in [5, 5.41) is 11.2. The SMILES string of the molecule is CNC(=O)N1C=C(C#N)C([S+](C)[O-])S1. The Hall–Kier alpha value is -0.840. The minimum atomic E-state index is -1.16. The summed E-state index contributed by atoms with van der Waals surface area (Å²) >= 11 is -0.0694. The average molecular weight is 231 g/mol. The topological polar surface area (TPSA) is 79.2 Å². The zero-order chi connectivity index (χ0) is 10.7. The molecule has 0 aromatic carbocycles. The fourth-order valence-corrected chi connectivity index (χ4v) is 2.94. The molecule has 0 saturated heterocycles. The Morgan fingerprint density at radius 1 is 1.93 bits per heavy atom. The minimum Gasteiger partial charge on any atom is -0.615 e. The van der Waals surface area contributed by atoms with Crippen LogP contribution < -0.4 is 5.32 Å². The number of rotatable bonds is 1. The number of nitrogens with zero attached hydrogens (tertiary/aromatic N) is 2. The molecule has 0 saturated carbocycles. The van der Waals surface area contributed by atoms with Gasteiger partial charge in [-0.3, -0.25) is 0 Å². The Balaban J connectivity index is 2.79. The Morgan fingerprint density at radius 3 is 2.93 bits per heavy atom. The van der Waals surface area contributed by atoms with Crippen LogP contribution in [0.2, 0.25) is 0 Å². The predicted molar refractivity (Wildman–Crippen MR) is 55.4 cm³/mol. The van der Waals surface area contributed by atoms with Crippen molar-refractivity contribution >= 4 is 29.2 Å². The molecule has 1 N–H and O–H groups in total. The van der Waals surface area contributed by atoms with Crippen molar-refractivity contribution in [2.45, 2.75) is 4.58 Å². The van der Waals surface area contributed by atoms with Crippen molar-refractivity contribution in [2.24, 2.45) is 0 Å². The molecule has 0 bridgehead atoms. The Kier molecular flexibility index (Phi) is 3.69. The van der Waals surface area contributed by atoms with E-state index in [0.29, 0.717) is 5.57 Å². The second kappa shape index (κ2) is 4.59. The van der Waals surface area contributed by atoms with E-state index in [9.17, 15) is 9.35 Å². The van der Waals surface area contributed by atoms with Crippen LogP contribution in [0.4, 0.5) is 4.79 Å². The summed E-state index contributed by atoms with van der Waals surface area (Å²) in [5.74, 6) is 0. The lowest BCUT2D eigenvalue weighted by atomic mass is 10.4. The molecule has 2 unspecified atom stereocenters. The van der Waals surface area contributed by atoms with Crippen LogP contribution in [0.25, 0.3) is 0 Å². The van der Waals surface area contributed by atoms with Gasteiger partial charge in [-0.25, -0.2) is 9.10 Å². The van der Waals surface area contributed by atoms with E-state index in [1.165, 1.54) is 23.8 Å². The van der Waals surface area contributed by atoms with Crippen LogP contribution in [0.1, 0.15) is 0 Å². The fraction of sp³-hybridized carbons (Fsp3) is 0.429. The number of nitrogens with one attached hydrogen (secondary N) is 1. The number of carbonyl (C=O) groups is 1. The molecule has 0 fully saturated rings. The summed E-state index contributed by atoms with van der Waals surface area (Å²) in [7, 11) is 1.50. The van der Waals surface area contributed by atoms with Crippen molar-refractivity contribution in [1.29, 1.82) is 5.26 Å². The summed E-state index contributed by atoms with van der Waals surface area (Å²) < 4.78 is 12.1. The third kappa shape index (κ3) is 2.15. The van der Waals surface area contributed by atoms with Gasteiger partial charge in [0, 0.05) is 25.2 Å². The zero-order valence-corrected chi connectivity index (χ0v) is 9.32. The lowest BCUT2D eigenvalue weighted by Gasteiger charge is -2.14. The summed E-state index contributed by atoms with van der Waals surface area (Å²) in [4.78, 5) is 11.2. The first kappa shape index (κ1) is 11.2. The van der Waals surface area contributed by atoms with Gasteiger partial charge in [-0.1, -0.05) is 0 Å². The zero-order valence-electron chi connectivity index (χ0n) is 7.68. The van der Waals surface area contributed by atoms with Gasteiger partial charge < -0.3 is 9.87 Å². The van der Waals surface area contributed by atoms with Crippen LogP contribution >= 0.6 is 11.9 Å². The number of urea groups is 1. The summed E-state index contributed by atoms with van der Waals surface area (Å²) in [6.07, 6.45) is 2.92. The van der Waals surface area contributed by atoms with Gasteiger partial charge in [-0.2, -0.15) is 5.26 Å². The third-order valence-electron chi connectivity index (χ3n) is 1.56. The third-order valence-corrected chi connectivity index (χ3v) is 4.44. The summed E-state index contributed by atoms with van der Waals surface area (Å²) in [6, 6.07) is 1.61. The molecule has 2 amide bonds. The highest BCUT2D eigenvalue weighted by molar-refractivity contribution is 8.12. The van der Waals surface area contributed by atoms with Crippen LogP contribution in [-0.4, -0.2) is 32.8 Å². The first-order valence-electron chi connectivity index (χ1n) is 3.72. The van der Waals surface area contributed by atoms with Crippen LogP contribution in [0.3, 0.4) is 0 Å². The van der Waals surface area contributed by atoms with Crippen LogP contribution in [-0.2, 0) is 11.2 Å². The second-order valence-electron chi connectivity index (χ2n) is 2.51. The van der Waals surface area contributed by atoms with E-state index >= 15 is 0 Å². The highest BCUT2D eigenvalue weighted by Gasteiger charge is 2.35. The monoisotopic (exact) mass is 231 g/mol. The molecule has 1 aliphatic rings. The lowest BCUT2D eigenvalue weighted by Crippen LogP contribution is -2.29. The molecule has 0 aliphatic carbocycles. The van der Waals surface area contributed by atoms with E-state index in [-0.39, 0.29) is 6.03 Å². The van der Waals surface area contributed by atoms with Gasteiger partial charge in [-0.15, -0.1) is 0 Å². The Morgan fingerprint density at radius 2 is 2.57 bits per heavy atom. The molecule has 14 heavy (non-hydrogen) atoms. The maximum absolute atomic E-state index is 11.2. The molecular formula is C7H9N3O2S2. The lowest BCUT2D eigenvalue weighted by molar-refractivity contribution is 0.236. The van der Waals surface area contributed by atoms with Crippen LogP contribution in [0, 0.1) is 11.3 Å². The van der Waals surface area contributed by atoms with Gasteiger partial charge in [0.1, 0.15) is 11.6 Å². The molecule has 1 rings (SSSR count). The van der Waals surface area contributed by atoms with Gasteiger partial charge in [0.2, 0.25) is 4.58 Å². The molecule has 0 radical (unpaired) electrons. The molecule has 0 aromatic heterocycles. The molecule has 2 atom stereocenters. The van der Waals surface area contributed by atoms with Crippen LogP contribution in [0.15, 0.2) is 11.8 Å². The number of carbonyl (C=O) groups excluding carboxylic acids is 1. The van der Waals surface area contributed by atoms with Gasteiger partial charge in [0.05, 0.1) is 6.26 Å². The van der Waals surface area contributed by atoms with E-state index < -0.39 is 15.8 Å². The molecule has 0 aromatic rings. The summed E-state index contributed by atoms with van der Waals surface area (Å²) in [6.45, 7) is 0. The molecule has 5 nitrogen and oxygen atoms in total. The molecule has 0 spiro atoms. The maximum atomic E-state index is 11.2. The van der Waals surface area contributed by atoms with Crippen molar-refractivity contribution in [2.75, 3.05) is 13.3 Å². The fourth-order valence-electron chi connectivity index (χ4n) is 0.915. The Bertz CT molecular complexity index is 311. The van der Waals surface area contributed by atoms with Crippen molar-refractivity contribution in [1.82, 2.24) is 9.62 Å². The maximum Gasteiger partial charge on any atom is 0.331 e. The van der Waals surface area contributed by atoms with Gasteiger partial charge in [0.25, 0.3) is 0 Å². The number of hydrogen-bond acceptors (Lipinski definition) is 4. The first-order valence-corrected chi connectivity index (χ1v) is 6.17. The van der Waals surface area contributed by atoms with Crippen molar-refractivity contribution in [3.8, 4) is 6.07 Å². The molecule has 76 valence electrons. The minimum absolute atomic E-state index is 0.323. The van der Waals surface area contributed by atoms with Crippen molar-refractivity contribution < 1.29 is 9.35 Å². The van der Waals surface area contributed by atoms with Crippen molar-refractivity contribution in [3.05, 3.63) is 11.8 Å². The first-order chi connectivity index (χ1) is 6.60. The normalized spacial score (nSPS) is 22.6. The second-order valence-corrected chi connectivity index (χ2v) is 5.36. The largest absolute Gasteiger partial charge is 0.615 e. The van der Waals surface area contributed by atoms with E-state index in [1.54, 1.807) is 0 Å². The van der Waals surface area contributed by atoms with E-state index in [1.807, 2.05) is 6.07 Å². The molecule has 7 heteroatoms. The van der Waals surface area contributed by atoms with Gasteiger partial charge in [-0.05, 0) is 11.2 Å². The molecule has 1 aliphatic heterocycles. The standard InChI is InChI=1S/C7H9N3O2S2/c1-9-7(11)10-4-5(3-8)6(13-10)14(2)12/h4,6H,1-2H3,(H,9,11). The van der Waals surface area contributed by atoms with Gasteiger partial charge >= 0.3 is 6.03 Å². The van der Waals surface area contributed by atoms with Gasteiger partial charge in [0.15, 0.2) is 0 Å².